The molecule has 1 N–H and O–H groups in total. The SMILES string of the molecule is COc1nccc(CNC2=NCCCN2C)n1. The van der Waals surface area contributed by atoms with Crippen LogP contribution in [0, 0.1) is 0 Å². The van der Waals surface area contributed by atoms with Gasteiger partial charge in [0.25, 0.3) is 0 Å². The highest BCUT2D eigenvalue weighted by Crippen LogP contribution is 2.03. The van der Waals surface area contributed by atoms with E-state index in [1.165, 1.54) is 0 Å². The fourth-order valence-corrected chi connectivity index (χ4v) is 1.65. The Balaban J connectivity index is 1.95. The van der Waals surface area contributed by atoms with Gasteiger partial charge < -0.3 is 15.0 Å². The van der Waals surface area contributed by atoms with Crippen molar-refractivity contribution in [1.29, 1.82) is 0 Å². The van der Waals surface area contributed by atoms with Crippen molar-refractivity contribution in [2.24, 2.45) is 4.99 Å². The van der Waals surface area contributed by atoms with Crippen molar-refractivity contribution in [3.05, 3.63) is 18.0 Å². The second kappa shape index (κ2) is 5.47. The predicted octanol–water partition coefficient (Wildman–Crippen LogP) is 0.266. The van der Waals surface area contributed by atoms with E-state index in [1.54, 1.807) is 13.3 Å². The Morgan fingerprint density at radius 2 is 2.41 bits per heavy atom. The van der Waals surface area contributed by atoms with Gasteiger partial charge >= 0.3 is 6.01 Å². The normalized spacial score (nSPS) is 15.4. The van der Waals surface area contributed by atoms with E-state index in [0.29, 0.717) is 12.6 Å². The Labute approximate surface area is 101 Å². The third kappa shape index (κ3) is 3.05. The molecule has 2 heterocycles. The molecule has 6 heteroatoms. The molecule has 0 unspecified atom stereocenters. The molecule has 0 aromatic carbocycles. The first kappa shape index (κ1) is 11.6. The second-order valence-electron chi connectivity index (χ2n) is 3.87. The summed E-state index contributed by atoms with van der Waals surface area (Å²) in [7, 11) is 3.59. The van der Waals surface area contributed by atoms with Crippen molar-refractivity contribution < 1.29 is 4.74 Å². The van der Waals surface area contributed by atoms with E-state index in [4.69, 9.17) is 4.74 Å². The molecule has 1 aromatic heterocycles. The standard InChI is InChI=1S/C11H17N5O/c1-16-7-3-5-12-10(16)14-8-9-4-6-13-11(15-9)17-2/h4,6H,3,5,7-8H2,1-2H3,(H,12,14). The minimum atomic E-state index is 0.392. The highest BCUT2D eigenvalue weighted by Gasteiger charge is 2.10. The van der Waals surface area contributed by atoms with Crippen LogP contribution in [0.3, 0.4) is 0 Å². The van der Waals surface area contributed by atoms with Crippen LogP contribution in [0.25, 0.3) is 0 Å². The smallest absolute Gasteiger partial charge is 0.316 e. The number of rotatable bonds is 3. The highest BCUT2D eigenvalue weighted by atomic mass is 16.5. The topological polar surface area (TPSA) is 62.6 Å². The molecule has 92 valence electrons. The lowest BCUT2D eigenvalue weighted by Crippen LogP contribution is -2.41. The maximum atomic E-state index is 4.98. The van der Waals surface area contributed by atoms with Crippen LogP contribution in [-0.4, -0.2) is 48.1 Å². The van der Waals surface area contributed by atoms with Crippen LogP contribution in [0.2, 0.25) is 0 Å². The molecule has 0 amide bonds. The van der Waals surface area contributed by atoms with Gasteiger partial charge in [0.05, 0.1) is 19.3 Å². The molecule has 0 radical (unpaired) electrons. The lowest BCUT2D eigenvalue weighted by molar-refractivity contribution is 0.377. The zero-order valence-corrected chi connectivity index (χ0v) is 10.2. The van der Waals surface area contributed by atoms with E-state index in [-0.39, 0.29) is 0 Å². The molecule has 1 aliphatic rings. The fourth-order valence-electron chi connectivity index (χ4n) is 1.65. The van der Waals surface area contributed by atoms with Crippen LogP contribution >= 0.6 is 0 Å². The van der Waals surface area contributed by atoms with E-state index in [2.05, 4.69) is 25.2 Å². The predicted molar refractivity (Wildman–Crippen MR) is 65.0 cm³/mol. The summed E-state index contributed by atoms with van der Waals surface area (Å²) in [6, 6.07) is 2.25. The fraction of sp³-hybridized carbons (Fsp3) is 0.545. The lowest BCUT2D eigenvalue weighted by Gasteiger charge is -2.25. The van der Waals surface area contributed by atoms with Crippen molar-refractivity contribution >= 4 is 5.96 Å². The molecule has 6 nitrogen and oxygen atoms in total. The highest BCUT2D eigenvalue weighted by molar-refractivity contribution is 5.80. The van der Waals surface area contributed by atoms with Gasteiger partial charge in [-0.2, -0.15) is 4.98 Å². The number of nitrogens with zero attached hydrogens (tertiary/aromatic N) is 4. The summed E-state index contributed by atoms with van der Waals surface area (Å²) in [5, 5.41) is 3.27. The zero-order chi connectivity index (χ0) is 12.1. The van der Waals surface area contributed by atoms with Gasteiger partial charge in [0.1, 0.15) is 0 Å². The van der Waals surface area contributed by atoms with Gasteiger partial charge in [-0.05, 0) is 12.5 Å². The number of nitrogens with one attached hydrogen (secondary N) is 1. The van der Waals surface area contributed by atoms with Crippen molar-refractivity contribution in [2.75, 3.05) is 27.2 Å². The number of ether oxygens (including phenoxy) is 1. The summed E-state index contributed by atoms with van der Waals surface area (Å²) in [5.41, 5.74) is 0.888. The molecule has 17 heavy (non-hydrogen) atoms. The van der Waals surface area contributed by atoms with Crippen LogP contribution < -0.4 is 10.1 Å². The average molecular weight is 235 g/mol. The van der Waals surface area contributed by atoms with E-state index < -0.39 is 0 Å². The molecule has 0 saturated heterocycles. The molecule has 0 saturated carbocycles. The third-order valence-corrected chi connectivity index (χ3v) is 2.58. The number of hydrogen-bond acceptors (Lipinski definition) is 6. The maximum Gasteiger partial charge on any atom is 0.316 e. The summed E-state index contributed by atoms with van der Waals surface area (Å²) in [5.74, 6) is 0.925. The van der Waals surface area contributed by atoms with Gasteiger partial charge in [0, 0.05) is 26.3 Å². The minimum absolute atomic E-state index is 0.392. The first-order valence-electron chi connectivity index (χ1n) is 5.65. The second-order valence-corrected chi connectivity index (χ2v) is 3.87. The Hall–Kier alpha value is -1.85. The third-order valence-electron chi connectivity index (χ3n) is 2.58. The van der Waals surface area contributed by atoms with Gasteiger partial charge in [-0.25, -0.2) is 4.98 Å². The van der Waals surface area contributed by atoms with Gasteiger partial charge in [-0.1, -0.05) is 0 Å². The monoisotopic (exact) mass is 235 g/mol. The summed E-state index contributed by atoms with van der Waals surface area (Å²) in [6.45, 7) is 2.56. The Morgan fingerprint density at radius 3 is 3.18 bits per heavy atom. The van der Waals surface area contributed by atoms with Gasteiger partial charge in [0.15, 0.2) is 5.96 Å². The van der Waals surface area contributed by atoms with E-state index in [1.807, 2.05) is 13.1 Å². The van der Waals surface area contributed by atoms with Crippen LogP contribution in [0.15, 0.2) is 17.3 Å². The number of methoxy groups -OCH3 is 1. The summed E-state index contributed by atoms with van der Waals surface area (Å²) in [6.07, 6.45) is 2.80. The van der Waals surface area contributed by atoms with Crippen molar-refractivity contribution in [3.8, 4) is 6.01 Å². The molecule has 0 spiro atoms. The van der Waals surface area contributed by atoms with Crippen LogP contribution in [0.1, 0.15) is 12.1 Å². The number of aromatic nitrogens is 2. The van der Waals surface area contributed by atoms with E-state index in [9.17, 15) is 0 Å². The molecule has 2 rings (SSSR count). The molecule has 0 atom stereocenters. The van der Waals surface area contributed by atoms with Crippen molar-refractivity contribution in [2.45, 2.75) is 13.0 Å². The van der Waals surface area contributed by atoms with Gasteiger partial charge in [-0.3, -0.25) is 4.99 Å². The first-order valence-corrected chi connectivity index (χ1v) is 5.65. The van der Waals surface area contributed by atoms with Crippen molar-refractivity contribution in [1.82, 2.24) is 20.2 Å². The quantitative estimate of drug-likeness (QED) is 0.814. The molecule has 1 aromatic rings. The Kier molecular flexibility index (Phi) is 3.74. The number of hydrogen-bond donors (Lipinski definition) is 1. The zero-order valence-electron chi connectivity index (χ0n) is 10.2. The van der Waals surface area contributed by atoms with Crippen LogP contribution in [0.4, 0.5) is 0 Å². The Morgan fingerprint density at radius 1 is 1.53 bits per heavy atom. The Bertz CT molecular complexity index is 407. The first-order chi connectivity index (χ1) is 8.29. The van der Waals surface area contributed by atoms with Gasteiger partial charge in [0.2, 0.25) is 0 Å². The maximum absolute atomic E-state index is 4.98. The number of guanidine groups is 1. The largest absolute Gasteiger partial charge is 0.467 e. The number of aliphatic imine (C=N–C) groups is 1. The molecular weight excluding hydrogens is 218 g/mol. The van der Waals surface area contributed by atoms with Gasteiger partial charge in [-0.15, -0.1) is 0 Å². The molecule has 0 fully saturated rings. The molecule has 0 bridgehead atoms. The minimum Gasteiger partial charge on any atom is -0.467 e. The van der Waals surface area contributed by atoms with E-state index >= 15 is 0 Å². The summed E-state index contributed by atoms with van der Waals surface area (Å²) < 4.78 is 4.98. The average Bonchev–Trinajstić information content (AvgIpc) is 2.38. The van der Waals surface area contributed by atoms with Crippen LogP contribution in [-0.2, 0) is 6.54 Å². The van der Waals surface area contributed by atoms with Crippen molar-refractivity contribution in [3.63, 3.8) is 0 Å². The lowest BCUT2D eigenvalue weighted by atomic mass is 10.3. The summed E-state index contributed by atoms with van der Waals surface area (Å²) in [4.78, 5) is 14.7. The molecule has 0 aliphatic carbocycles. The summed E-state index contributed by atoms with van der Waals surface area (Å²) >= 11 is 0. The molecular formula is C11H17N5O. The van der Waals surface area contributed by atoms with E-state index in [0.717, 1.165) is 31.2 Å². The van der Waals surface area contributed by atoms with Crippen LogP contribution in [0.5, 0.6) is 6.01 Å². The molecule has 1 aliphatic heterocycles.